The minimum Gasteiger partial charge on any atom is -0.321 e. The first kappa shape index (κ1) is 15.9. The molecule has 0 spiro atoms. The normalized spacial score (nSPS) is 10.8. The molecule has 0 aliphatic rings. The van der Waals surface area contributed by atoms with Crippen molar-refractivity contribution < 1.29 is 9.18 Å². The van der Waals surface area contributed by atoms with E-state index < -0.39 is 5.82 Å². The predicted octanol–water partition coefficient (Wildman–Crippen LogP) is 5.01. The van der Waals surface area contributed by atoms with Crippen molar-refractivity contribution in [2.75, 3.05) is 5.32 Å². The number of benzene rings is 1. The summed E-state index contributed by atoms with van der Waals surface area (Å²) in [5, 5.41) is 2.90. The lowest BCUT2D eigenvalue weighted by Crippen LogP contribution is -2.13. The Bertz CT molecular complexity index is 691. The molecular weight excluding hydrogens is 359 g/mol. The van der Waals surface area contributed by atoms with E-state index in [1.807, 2.05) is 13.8 Å². The Kier molecular flexibility index (Phi) is 4.96. The standard InChI is InChI=1S/C15H13BrClFN2O/c1-8(2)12-5-9(6-14(17)19-12)15(21)20-13-7-10(18)3-4-11(13)16/h3-8H,1-2H3,(H,20,21). The lowest BCUT2D eigenvalue weighted by atomic mass is 10.1. The summed E-state index contributed by atoms with van der Waals surface area (Å²) in [6, 6.07) is 7.24. The zero-order valence-electron chi connectivity index (χ0n) is 11.5. The van der Waals surface area contributed by atoms with Crippen LogP contribution in [0.4, 0.5) is 10.1 Å². The second kappa shape index (κ2) is 6.54. The van der Waals surface area contributed by atoms with Gasteiger partial charge in [-0.3, -0.25) is 4.79 Å². The van der Waals surface area contributed by atoms with Crippen molar-refractivity contribution in [3.63, 3.8) is 0 Å². The Labute approximate surface area is 135 Å². The second-order valence-electron chi connectivity index (χ2n) is 4.84. The molecule has 2 rings (SSSR count). The first-order valence-electron chi connectivity index (χ1n) is 6.30. The van der Waals surface area contributed by atoms with Crippen LogP contribution in [0, 0.1) is 5.82 Å². The molecule has 1 aromatic heterocycles. The van der Waals surface area contributed by atoms with Crippen molar-refractivity contribution in [3.05, 3.63) is 57.0 Å². The van der Waals surface area contributed by atoms with E-state index in [0.717, 1.165) is 5.69 Å². The first-order valence-corrected chi connectivity index (χ1v) is 7.48. The molecule has 1 aromatic carbocycles. The van der Waals surface area contributed by atoms with Crippen molar-refractivity contribution in [2.24, 2.45) is 0 Å². The molecule has 0 atom stereocenters. The number of rotatable bonds is 3. The predicted molar refractivity (Wildman–Crippen MR) is 85.4 cm³/mol. The summed E-state index contributed by atoms with van der Waals surface area (Å²) in [4.78, 5) is 16.4. The molecule has 0 aliphatic carbocycles. The fourth-order valence-electron chi connectivity index (χ4n) is 1.73. The largest absolute Gasteiger partial charge is 0.321 e. The summed E-state index contributed by atoms with van der Waals surface area (Å²) in [5.74, 6) is -0.646. The summed E-state index contributed by atoms with van der Waals surface area (Å²) in [6.45, 7) is 3.92. The van der Waals surface area contributed by atoms with Gasteiger partial charge in [-0.25, -0.2) is 9.37 Å². The molecule has 1 amide bonds. The highest BCUT2D eigenvalue weighted by Gasteiger charge is 2.13. The highest BCUT2D eigenvalue weighted by molar-refractivity contribution is 9.10. The van der Waals surface area contributed by atoms with Gasteiger partial charge in [-0.2, -0.15) is 0 Å². The number of pyridine rings is 1. The highest BCUT2D eigenvalue weighted by atomic mass is 79.9. The summed E-state index contributed by atoms with van der Waals surface area (Å²) in [6.07, 6.45) is 0. The monoisotopic (exact) mass is 370 g/mol. The zero-order chi connectivity index (χ0) is 15.6. The Morgan fingerprint density at radius 1 is 1.33 bits per heavy atom. The average molecular weight is 372 g/mol. The number of carbonyl (C=O) groups is 1. The fourth-order valence-corrected chi connectivity index (χ4v) is 2.29. The SMILES string of the molecule is CC(C)c1cc(C(=O)Nc2cc(F)ccc2Br)cc(Cl)n1. The van der Waals surface area contributed by atoms with Gasteiger partial charge in [0.15, 0.2) is 0 Å². The quantitative estimate of drug-likeness (QED) is 0.770. The first-order chi connectivity index (χ1) is 9.86. The van der Waals surface area contributed by atoms with Crippen molar-refractivity contribution in [1.82, 2.24) is 4.98 Å². The molecule has 0 radical (unpaired) electrons. The molecule has 0 saturated heterocycles. The van der Waals surface area contributed by atoms with Crippen LogP contribution in [0.3, 0.4) is 0 Å². The zero-order valence-corrected chi connectivity index (χ0v) is 13.8. The van der Waals surface area contributed by atoms with Gasteiger partial charge in [-0.1, -0.05) is 25.4 Å². The van der Waals surface area contributed by atoms with Crippen LogP contribution in [0.5, 0.6) is 0 Å². The number of aromatic nitrogens is 1. The summed E-state index contributed by atoms with van der Waals surface area (Å²) in [7, 11) is 0. The molecule has 110 valence electrons. The molecule has 0 unspecified atom stereocenters. The van der Waals surface area contributed by atoms with Gasteiger partial charge in [0.1, 0.15) is 11.0 Å². The van der Waals surface area contributed by atoms with Gasteiger partial charge in [0.2, 0.25) is 0 Å². The maximum absolute atomic E-state index is 13.2. The van der Waals surface area contributed by atoms with Gasteiger partial charge in [-0.15, -0.1) is 0 Å². The number of halogens is 3. The van der Waals surface area contributed by atoms with E-state index >= 15 is 0 Å². The van der Waals surface area contributed by atoms with Crippen molar-refractivity contribution >= 4 is 39.1 Å². The van der Waals surface area contributed by atoms with E-state index in [1.165, 1.54) is 24.3 Å². The topological polar surface area (TPSA) is 42.0 Å². The molecule has 0 saturated carbocycles. The molecule has 1 heterocycles. The van der Waals surface area contributed by atoms with Crippen LogP contribution in [-0.2, 0) is 0 Å². The second-order valence-corrected chi connectivity index (χ2v) is 6.08. The Morgan fingerprint density at radius 3 is 2.71 bits per heavy atom. The third kappa shape index (κ3) is 4.02. The van der Waals surface area contributed by atoms with E-state index in [-0.39, 0.29) is 17.0 Å². The van der Waals surface area contributed by atoms with E-state index in [9.17, 15) is 9.18 Å². The van der Waals surface area contributed by atoms with Crippen molar-refractivity contribution in [1.29, 1.82) is 0 Å². The van der Waals surface area contributed by atoms with E-state index in [2.05, 4.69) is 26.2 Å². The van der Waals surface area contributed by atoms with Crippen LogP contribution in [-0.4, -0.2) is 10.9 Å². The number of hydrogen-bond donors (Lipinski definition) is 1. The number of anilines is 1. The molecule has 3 nitrogen and oxygen atoms in total. The Morgan fingerprint density at radius 2 is 2.05 bits per heavy atom. The molecule has 1 N–H and O–H groups in total. The Hall–Kier alpha value is -1.46. The van der Waals surface area contributed by atoms with Crippen molar-refractivity contribution in [2.45, 2.75) is 19.8 Å². The maximum Gasteiger partial charge on any atom is 0.255 e. The van der Waals surface area contributed by atoms with E-state index in [0.29, 0.717) is 15.7 Å². The number of carbonyl (C=O) groups excluding carboxylic acids is 1. The molecule has 2 aromatic rings. The summed E-state index contributed by atoms with van der Waals surface area (Å²) in [5.41, 5.74) is 1.47. The van der Waals surface area contributed by atoms with Crippen LogP contribution in [0.1, 0.15) is 35.8 Å². The lowest BCUT2D eigenvalue weighted by molar-refractivity contribution is 0.102. The van der Waals surface area contributed by atoms with Crippen LogP contribution < -0.4 is 5.32 Å². The van der Waals surface area contributed by atoms with Gasteiger partial charge in [0, 0.05) is 15.7 Å². The van der Waals surface area contributed by atoms with Gasteiger partial charge in [0.25, 0.3) is 5.91 Å². The van der Waals surface area contributed by atoms with Gasteiger partial charge >= 0.3 is 0 Å². The number of amides is 1. The molecule has 0 bridgehead atoms. The molecule has 0 aliphatic heterocycles. The number of nitrogens with zero attached hydrogens (tertiary/aromatic N) is 1. The van der Waals surface area contributed by atoms with Gasteiger partial charge in [-0.05, 0) is 52.2 Å². The summed E-state index contributed by atoms with van der Waals surface area (Å²) >= 11 is 9.20. The van der Waals surface area contributed by atoms with Crippen LogP contribution in [0.2, 0.25) is 5.15 Å². The Balaban J connectivity index is 2.30. The highest BCUT2D eigenvalue weighted by Crippen LogP contribution is 2.24. The number of nitrogens with one attached hydrogen (secondary N) is 1. The molecule has 21 heavy (non-hydrogen) atoms. The molecular formula is C15H13BrClFN2O. The third-order valence-corrected chi connectivity index (χ3v) is 3.73. The minimum atomic E-state index is -0.427. The molecule has 6 heteroatoms. The fraction of sp³-hybridized carbons (Fsp3) is 0.200. The van der Waals surface area contributed by atoms with Gasteiger partial charge < -0.3 is 5.32 Å². The minimum absolute atomic E-state index is 0.149. The summed E-state index contributed by atoms with van der Waals surface area (Å²) < 4.78 is 13.8. The average Bonchev–Trinajstić information content (AvgIpc) is 2.42. The van der Waals surface area contributed by atoms with Crippen LogP contribution >= 0.6 is 27.5 Å². The lowest BCUT2D eigenvalue weighted by Gasteiger charge is -2.10. The number of hydrogen-bond acceptors (Lipinski definition) is 2. The van der Waals surface area contributed by atoms with E-state index in [4.69, 9.17) is 11.6 Å². The van der Waals surface area contributed by atoms with Crippen LogP contribution in [0.25, 0.3) is 0 Å². The smallest absolute Gasteiger partial charge is 0.255 e. The van der Waals surface area contributed by atoms with Crippen molar-refractivity contribution in [3.8, 4) is 0 Å². The van der Waals surface area contributed by atoms with Crippen LogP contribution in [0.15, 0.2) is 34.8 Å². The van der Waals surface area contributed by atoms with Gasteiger partial charge in [0.05, 0.1) is 5.69 Å². The maximum atomic E-state index is 13.2. The third-order valence-electron chi connectivity index (χ3n) is 2.84. The molecule has 0 fully saturated rings. The van der Waals surface area contributed by atoms with E-state index in [1.54, 1.807) is 6.07 Å².